The number of carbonyl (C=O) groups is 2. The van der Waals surface area contributed by atoms with Gasteiger partial charge in [0.2, 0.25) is 5.91 Å². The van der Waals surface area contributed by atoms with Crippen LogP contribution in [0.25, 0.3) is 22.2 Å². The van der Waals surface area contributed by atoms with Crippen molar-refractivity contribution in [3.05, 3.63) is 52.5 Å². The Labute approximate surface area is 198 Å². The lowest BCUT2D eigenvalue weighted by Crippen LogP contribution is -2.31. The van der Waals surface area contributed by atoms with E-state index >= 15 is 0 Å². The molecular weight excluding hydrogens is 471 g/mol. The molecule has 1 unspecified atom stereocenters. The number of carboxylic acid groups (broad SMARTS) is 1. The minimum Gasteiger partial charge on any atom is -0.480 e. The topological polar surface area (TPSA) is 75.4 Å². The fraction of sp³-hybridized carbons (Fsp3) is 0.375. The van der Waals surface area contributed by atoms with Gasteiger partial charge in [0.15, 0.2) is 0 Å². The fourth-order valence-electron chi connectivity index (χ4n) is 3.98. The van der Waals surface area contributed by atoms with E-state index in [0.29, 0.717) is 33.7 Å². The Balaban J connectivity index is 1.90. The van der Waals surface area contributed by atoms with Crippen molar-refractivity contribution in [3.8, 4) is 11.3 Å². The normalized spacial score (nSPS) is 14.9. The molecule has 0 bridgehead atoms. The lowest BCUT2D eigenvalue weighted by atomic mass is 9.98. The van der Waals surface area contributed by atoms with Crippen LogP contribution in [0.15, 0.2) is 36.4 Å². The molecule has 2 aromatic carbocycles. The molecule has 34 heavy (non-hydrogen) atoms. The number of aromatic nitrogens is 2. The molecule has 1 N–H and O–H groups in total. The Morgan fingerprint density at radius 1 is 1.24 bits per heavy atom. The standard InChI is InChI=1S/C24H23ClF3N3O3/c1-3-30(22(32)14-4-5-14)12-15-10-16(24(26,27)28)6-8-18(15)21-19-11-17(25)7-9-20(19)31(29-21)13(2)23(33)34/h6-11,13-14H,3-5,12H2,1-2H3,(H,33,34). The predicted molar refractivity (Wildman–Crippen MR) is 121 cm³/mol. The molecular formula is C24H23ClF3N3O3. The van der Waals surface area contributed by atoms with E-state index in [1.54, 1.807) is 30.0 Å². The van der Waals surface area contributed by atoms with E-state index < -0.39 is 23.8 Å². The Morgan fingerprint density at radius 2 is 1.94 bits per heavy atom. The number of fused-ring (bicyclic) bond motifs is 1. The van der Waals surface area contributed by atoms with Crippen molar-refractivity contribution in [1.82, 2.24) is 14.7 Å². The molecule has 1 saturated carbocycles. The number of hydrogen-bond acceptors (Lipinski definition) is 3. The summed E-state index contributed by atoms with van der Waals surface area (Å²) < 4.78 is 41.9. The summed E-state index contributed by atoms with van der Waals surface area (Å²) in [5, 5.41) is 14.9. The van der Waals surface area contributed by atoms with Gasteiger partial charge in [0.25, 0.3) is 0 Å². The summed E-state index contributed by atoms with van der Waals surface area (Å²) in [5.74, 6) is -1.26. The van der Waals surface area contributed by atoms with Gasteiger partial charge in [-0.1, -0.05) is 17.7 Å². The summed E-state index contributed by atoms with van der Waals surface area (Å²) in [6.07, 6.45) is -3.00. The Kier molecular flexibility index (Phi) is 6.33. The first kappa shape index (κ1) is 24.1. The van der Waals surface area contributed by atoms with Crippen LogP contribution in [0.3, 0.4) is 0 Å². The third-order valence-electron chi connectivity index (χ3n) is 6.06. The highest BCUT2D eigenvalue weighted by Crippen LogP contribution is 2.38. The number of hydrogen-bond donors (Lipinski definition) is 1. The molecule has 1 atom stereocenters. The average molecular weight is 494 g/mol. The molecule has 0 spiro atoms. The summed E-state index contributed by atoms with van der Waals surface area (Å²) in [6, 6.07) is 7.15. The van der Waals surface area contributed by atoms with Gasteiger partial charge in [-0.25, -0.2) is 4.79 Å². The van der Waals surface area contributed by atoms with Gasteiger partial charge in [0.1, 0.15) is 11.7 Å². The van der Waals surface area contributed by atoms with Gasteiger partial charge in [-0.15, -0.1) is 0 Å². The Morgan fingerprint density at radius 3 is 2.53 bits per heavy atom. The van der Waals surface area contributed by atoms with E-state index in [2.05, 4.69) is 5.10 Å². The number of rotatable bonds is 7. The van der Waals surface area contributed by atoms with Crippen molar-refractivity contribution in [3.63, 3.8) is 0 Å². The first-order valence-corrected chi connectivity index (χ1v) is 11.3. The number of carboxylic acids is 1. The molecule has 0 radical (unpaired) electrons. The maximum Gasteiger partial charge on any atom is 0.416 e. The molecule has 4 rings (SSSR count). The van der Waals surface area contributed by atoms with Crippen LogP contribution in [-0.2, 0) is 22.3 Å². The first-order valence-electron chi connectivity index (χ1n) is 10.9. The summed E-state index contributed by atoms with van der Waals surface area (Å²) in [6.45, 7) is 3.58. The van der Waals surface area contributed by atoms with Crippen molar-refractivity contribution >= 4 is 34.4 Å². The summed E-state index contributed by atoms with van der Waals surface area (Å²) in [7, 11) is 0. The number of aliphatic carboxylic acids is 1. The largest absolute Gasteiger partial charge is 0.480 e. The highest BCUT2D eigenvalue weighted by Gasteiger charge is 2.35. The van der Waals surface area contributed by atoms with Crippen molar-refractivity contribution in [1.29, 1.82) is 0 Å². The second-order valence-corrected chi connectivity index (χ2v) is 8.90. The molecule has 1 aliphatic rings. The van der Waals surface area contributed by atoms with E-state index in [9.17, 15) is 27.9 Å². The van der Waals surface area contributed by atoms with E-state index in [4.69, 9.17) is 11.6 Å². The lowest BCUT2D eigenvalue weighted by molar-refractivity contribution is -0.140. The summed E-state index contributed by atoms with van der Waals surface area (Å²) in [4.78, 5) is 25.9. The molecule has 1 aromatic heterocycles. The van der Waals surface area contributed by atoms with Crippen molar-refractivity contribution in [2.45, 2.75) is 45.5 Å². The van der Waals surface area contributed by atoms with Gasteiger partial charge < -0.3 is 10.0 Å². The van der Waals surface area contributed by atoms with Gasteiger partial charge in [-0.05, 0) is 62.6 Å². The summed E-state index contributed by atoms with van der Waals surface area (Å²) >= 11 is 6.19. The van der Waals surface area contributed by atoms with Crippen LogP contribution >= 0.6 is 11.6 Å². The maximum absolute atomic E-state index is 13.5. The molecule has 10 heteroatoms. The molecule has 3 aromatic rings. The van der Waals surface area contributed by atoms with Crippen LogP contribution in [0.2, 0.25) is 5.02 Å². The highest BCUT2D eigenvalue weighted by molar-refractivity contribution is 6.31. The number of benzene rings is 2. The fourth-order valence-corrected chi connectivity index (χ4v) is 4.16. The molecule has 0 saturated heterocycles. The number of nitrogens with zero attached hydrogens (tertiary/aromatic N) is 3. The third kappa shape index (κ3) is 4.61. The zero-order valence-electron chi connectivity index (χ0n) is 18.6. The predicted octanol–water partition coefficient (Wildman–Crippen LogP) is 5.78. The Hall–Kier alpha value is -3.07. The molecule has 180 valence electrons. The van der Waals surface area contributed by atoms with E-state index in [1.807, 2.05) is 0 Å². The summed E-state index contributed by atoms with van der Waals surface area (Å²) in [5.41, 5.74) is 0.631. The number of alkyl halides is 3. The van der Waals surface area contributed by atoms with Crippen LogP contribution in [0, 0.1) is 5.92 Å². The van der Waals surface area contributed by atoms with Crippen LogP contribution in [0.5, 0.6) is 0 Å². The van der Waals surface area contributed by atoms with Crippen molar-refractivity contribution in [2.75, 3.05) is 6.54 Å². The van der Waals surface area contributed by atoms with Gasteiger partial charge in [0.05, 0.1) is 11.1 Å². The average Bonchev–Trinajstić information content (AvgIpc) is 3.57. The van der Waals surface area contributed by atoms with Crippen LogP contribution in [0.4, 0.5) is 13.2 Å². The second-order valence-electron chi connectivity index (χ2n) is 8.47. The molecule has 6 nitrogen and oxygen atoms in total. The zero-order chi connectivity index (χ0) is 24.8. The van der Waals surface area contributed by atoms with E-state index in [-0.39, 0.29) is 23.9 Å². The van der Waals surface area contributed by atoms with Crippen LogP contribution in [0.1, 0.15) is 43.9 Å². The van der Waals surface area contributed by atoms with Crippen molar-refractivity contribution in [2.24, 2.45) is 5.92 Å². The molecule has 0 aliphatic heterocycles. The molecule has 1 heterocycles. The maximum atomic E-state index is 13.5. The number of halogens is 4. The highest BCUT2D eigenvalue weighted by atomic mass is 35.5. The van der Waals surface area contributed by atoms with Gasteiger partial charge in [-0.3, -0.25) is 9.48 Å². The monoisotopic (exact) mass is 493 g/mol. The van der Waals surface area contributed by atoms with Crippen LogP contribution < -0.4 is 0 Å². The lowest BCUT2D eigenvalue weighted by Gasteiger charge is -2.23. The van der Waals surface area contributed by atoms with Crippen LogP contribution in [-0.4, -0.2) is 38.2 Å². The molecule has 1 aliphatic carbocycles. The minimum atomic E-state index is -4.56. The number of amides is 1. The first-order chi connectivity index (χ1) is 16.0. The molecule has 1 fully saturated rings. The van der Waals surface area contributed by atoms with Gasteiger partial charge >= 0.3 is 12.1 Å². The van der Waals surface area contributed by atoms with Gasteiger partial charge in [-0.2, -0.15) is 18.3 Å². The quantitative estimate of drug-likeness (QED) is 0.452. The molecule has 1 amide bonds. The van der Waals surface area contributed by atoms with E-state index in [1.165, 1.54) is 17.7 Å². The Bertz CT molecular complexity index is 1270. The smallest absolute Gasteiger partial charge is 0.416 e. The second kappa shape index (κ2) is 8.94. The van der Waals surface area contributed by atoms with Crippen molar-refractivity contribution < 1.29 is 27.9 Å². The number of carbonyl (C=O) groups excluding carboxylic acids is 1. The minimum absolute atomic E-state index is 0.0194. The zero-order valence-corrected chi connectivity index (χ0v) is 19.3. The third-order valence-corrected chi connectivity index (χ3v) is 6.30. The van der Waals surface area contributed by atoms with E-state index in [0.717, 1.165) is 25.0 Å². The van der Waals surface area contributed by atoms with Gasteiger partial charge in [0, 0.05) is 35.0 Å². The SMILES string of the molecule is CCN(Cc1cc(C(F)(F)F)ccc1-c1nn(C(C)C(=O)O)c2ccc(Cl)cc12)C(=O)C1CC1.